The third-order valence-electron chi connectivity index (χ3n) is 3.64. The van der Waals surface area contributed by atoms with Crippen molar-refractivity contribution in [3.63, 3.8) is 0 Å². The Kier molecular flexibility index (Phi) is 4.37. The fourth-order valence-corrected chi connectivity index (χ4v) is 2.65. The molecule has 4 nitrogen and oxygen atoms in total. The summed E-state index contributed by atoms with van der Waals surface area (Å²) in [5, 5.41) is 4.29. The Balaban J connectivity index is 2.00. The van der Waals surface area contributed by atoms with Crippen molar-refractivity contribution in [2.45, 2.75) is 13.5 Å². The average Bonchev–Trinajstić information content (AvgIpc) is 2.90. The van der Waals surface area contributed by atoms with Crippen LogP contribution in [0.3, 0.4) is 0 Å². The number of furan rings is 1. The number of nitrogens with one attached hydrogen (secondary N) is 1. The number of carbonyl (C=O) groups excluding carboxylic acids is 1. The van der Waals surface area contributed by atoms with E-state index in [1.165, 1.54) is 0 Å². The van der Waals surface area contributed by atoms with Crippen LogP contribution in [0.4, 0.5) is 5.69 Å². The molecule has 1 aromatic heterocycles. The Morgan fingerprint density at radius 1 is 1.26 bits per heavy atom. The molecule has 0 aliphatic rings. The summed E-state index contributed by atoms with van der Waals surface area (Å²) in [5.74, 6) is -0.0638. The van der Waals surface area contributed by atoms with Gasteiger partial charge in [0.1, 0.15) is 5.58 Å². The maximum Gasteiger partial charge on any atom is 0.291 e. The van der Waals surface area contributed by atoms with Crippen molar-refractivity contribution in [2.75, 3.05) is 12.4 Å². The van der Waals surface area contributed by atoms with Gasteiger partial charge >= 0.3 is 0 Å². The van der Waals surface area contributed by atoms with E-state index in [4.69, 9.17) is 20.8 Å². The Hall–Kier alpha value is -2.30. The molecule has 0 fully saturated rings. The number of hydrogen-bond acceptors (Lipinski definition) is 3. The van der Waals surface area contributed by atoms with Crippen LogP contribution in [0.5, 0.6) is 0 Å². The zero-order valence-electron chi connectivity index (χ0n) is 12.9. The van der Waals surface area contributed by atoms with Gasteiger partial charge in [-0.3, -0.25) is 4.79 Å². The Morgan fingerprint density at radius 2 is 2.04 bits per heavy atom. The van der Waals surface area contributed by atoms with Gasteiger partial charge in [0.25, 0.3) is 5.91 Å². The molecule has 1 amide bonds. The summed E-state index contributed by atoms with van der Waals surface area (Å²) in [5.41, 5.74) is 2.98. The average molecular weight is 330 g/mol. The van der Waals surface area contributed by atoms with Gasteiger partial charge in [0.05, 0.1) is 6.61 Å². The summed E-state index contributed by atoms with van der Waals surface area (Å²) in [6.07, 6.45) is 0. The highest BCUT2D eigenvalue weighted by Crippen LogP contribution is 2.28. The summed E-state index contributed by atoms with van der Waals surface area (Å²) in [4.78, 5) is 12.6. The highest BCUT2D eigenvalue weighted by molar-refractivity contribution is 6.31. The van der Waals surface area contributed by atoms with Crippen molar-refractivity contribution in [3.8, 4) is 0 Å². The molecule has 118 valence electrons. The molecule has 0 aliphatic heterocycles. The van der Waals surface area contributed by atoms with Crippen molar-refractivity contribution in [1.82, 2.24) is 0 Å². The predicted molar refractivity (Wildman–Crippen MR) is 91.1 cm³/mol. The van der Waals surface area contributed by atoms with Gasteiger partial charge in [0.2, 0.25) is 0 Å². The van der Waals surface area contributed by atoms with E-state index in [1.54, 1.807) is 19.2 Å². The summed E-state index contributed by atoms with van der Waals surface area (Å²) < 4.78 is 10.9. The molecule has 0 spiro atoms. The molecule has 0 saturated carbocycles. The largest absolute Gasteiger partial charge is 0.451 e. The molecule has 23 heavy (non-hydrogen) atoms. The van der Waals surface area contributed by atoms with Crippen molar-refractivity contribution >= 4 is 34.2 Å². The number of methoxy groups -OCH3 is 1. The number of hydrogen-bond donors (Lipinski definition) is 1. The zero-order chi connectivity index (χ0) is 16.4. The number of halogens is 1. The van der Waals surface area contributed by atoms with Gasteiger partial charge in [0.15, 0.2) is 5.76 Å². The number of para-hydroxylation sites is 1. The maximum absolute atomic E-state index is 12.6. The van der Waals surface area contributed by atoms with Crippen LogP contribution in [0.2, 0.25) is 5.02 Å². The first kappa shape index (κ1) is 15.6. The van der Waals surface area contributed by atoms with Gasteiger partial charge in [-0.05, 0) is 30.7 Å². The number of carbonyl (C=O) groups is 1. The van der Waals surface area contributed by atoms with E-state index < -0.39 is 0 Å². The molecular formula is C18H16ClNO3. The molecule has 0 radical (unpaired) electrons. The maximum atomic E-state index is 12.6. The molecule has 3 aromatic rings. The van der Waals surface area contributed by atoms with Gasteiger partial charge in [-0.25, -0.2) is 0 Å². The van der Waals surface area contributed by atoms with Crippen molar-refractivity contribution < 1.29 is 13.9 Å². The summed E-state index contributed by atoms with van der Waals surface area (Å²) in [6, 6.07) is 12.9. The first-order valence-electron chi connectivity index (χ1n) is 7.17. The molecule has 1 heterocycles. The number of benzene rings is 2. The number of fused-ring (bicyclic) bond motifs is 1. The molecule has 0 unspecified atom stereocenters. The van der Waals surface area contributed by atoms with Gasteiger partial charge in [-0.2, -0.15) is 0 Å². The van der Waals surface area contributed by atoms with Gasteiger partial charge < -0.3 is 14.5 Å². The summed E-state index contributed by atoms with van der Waals surface area (Å²) in [7, 11) is 1.59. The lowest BCUT2D eigenvalue weighted by molar-refractivity contribution is 0.0992. The van der Waals surface area contributed by atoms with Crippen LogP contribution in [-0.4, -0.2) is 13.0 Å². The smallest absolute Gasteiger partial charge is 0.291 e. The minimum absolute atomic E-state index is 0.257. The van der Waals surface area contributed by atoms with Crippen LogP contribution in [0, 0.1) is 6.92 Å². The lowest BCUT2D eigenvalue weighted by Crippen LogP contribution is -2.14. The van der Waals surface area contributed by atoms with Crippen molar-refractivity contribution in [3.05, 3.63) is 64.4 Å². The van der Waals surface area contributed by atoms with E-state index in [-0.39, 0.29) is 11.7 Å². The van der Waals surface area contributed by atoms with E-state index >= 15 is 0 Å². The molecular weight excluding hydrogens is 314 g/mol. The van der Waals surface area contributed by atoms with Crippen LogP contribution in [0.25, 0.3) is 11.0 Å². The highest BCUT2D eigenvalue weighted by Gasteiger charge is 2.20. The molecule has 0 atom stereocenters. The summed E-state index contributed by atoms with van der Waals surface area (Å²) in [6.45, 7) is 2.20. The number of amides is 1. The number of rotatable bonds is 4. The molecule has 1 N–H and O–H groups in total. The first-order chi connectivity index (χ1) is 11.1. The topological polar surface area (TPSA) is 51.5 Å². The number of anilines is 1. The van der Waals surface area contributed by atoms with Gasteiger partial charge in [0, 0.05) is 28.8 Å². The van der Waals surface area contributed by atoms with Crippen LogP contribution in [-0.2, 0) is 11.3 Å². The van der Waals surface area contributed by atoms with E-state index in [1.807, 2.05) is 37.3 Å². The quantitative estimate of drug-likeness (QED) is 0.748. The van der Waals surface area contributed by atoms with Crippen LogP contribution < -0.4 is 5.32 Å². The second-order valence-electron chi connectivity index (χ2n) is 5.25. The minimum Gasteiger partial charge on any atom is -0.451 e. The predicted octanol–water partition coefficient (Wildman–Crippen LogP) is 4.79. The van der Waals surface area contributed by atoms with Gasteiger partial charge in [-0.15, -0.1) is 0 Å². The molecule has 0 aliphatic carbocycles. The molecule has 0 saturated heterocycles. The van der Waals surface area contributed by atoms with E-state index in [0.29, 0.717) is 22.9 Å². The van der Waals surface area contributed by atoms with Gasteiger partial charge in [-0.1, -0.05) is 35.9 Å². The highest BCUT2D eigenvalue weighted by atomic mass is 35.5. The Bertz CT molecular complexity index is 870. The number of aryl methyl sites for hydroxylation is 1. The Morgan fingerprint density at radius 3 is 2.83 bits per heavy atom. The molecule has 5 heteroatoms. The monoisotopic (exact) mass is 329 g/mol. The first-order valence-corrected chi connectivity index (χ1v) is 7.55. The molecule has 2 aromatic carbocycles. The fraction of sp³-hybridized carbons (Fsp3) is 0.167. The fourth-order valence-electron chi connectivity index (χ4n) is 2.48. The van der Waals surface area contributed by atoms with Crippen molar-refractivity contribution in [2.24, 2.45) is 0 Å². The van der Waals surface area contributed by atoms with Crippen LogP contribution >= 0.6 is 11.6 Å². The van der Waals surface area contributed by atoms with Crippen LogP contribution in [0.1, 0.15) is 21.7 Å². The zero-order valence-corrected chi connectivity index (χ0v) is 13.6. The summed E-state index contributed by atoms with van der Waals surface area (Å²) >= 11 is 6.00. The SMILES string of the molecule is COCc1c(C(=O)Nc2cc(Cl)ccc2C)oc2ccccc12. The van der Waals surface area contributed by atoms with E-state index in [0.717, 1.165) is 16.5 Å². The van der Waals surface area contributed by atoms with E-state index in [9.17, 15) is 4.79 Å². The standard InChI is InChI=1S/C18H16ClNO3/c1-11-7-8-12(19)9-15(11)20-18(21)17-14(10-22-2)13-5-3-4-6-16(13)23-17/h3-9H,10H2,1-2H3,(H,20,21). The normalized spacial score (nSPS) is 10.9. The molecule has 3 rings (SSSR count). The Labute approximate surface area is 139 Å². The van der Waals surface area contributed by atoms with Crippen molar-refractivity contribution in [1.29, 1.82) is 0 Å². The second kappa shape index (κ2) is 6.44. The third-order valence-corrected chi connectivity index (χ3v) is 3.88. The second-order valence-corrected chi connectivity index (χ2v) is 5.69. The lowest BCUT2D eigenvalue weighted by Gasteiger charge is -2.08. The lowest BCUT2D eigenvalue weighted by atomic mass is 10.1. The van der Waals surface area contributed by atoms with E-state index in [2.05, 4.69) is 5.32 Å². The third kappa shape index (κ3) is 3.09. The molecule has 0 bridgehead atoms. The number of ether oxygens (including phenoxy) is 1. The minimum atomic E-state index is -0.321. The van der Waals surface area contributed by atoms with Crippen LogP contribution in [0.15, 0.2) is 46.9 Å².